The molecule has 0 aliphatic carbocycles. The van der Waals surface area contributed by atoms with Gasteiger partial charge in [-0.3, -0.25) is 15.5 Å². The first-order valence-electron chi connectivity index (χ1n) is 5.54. The molecule has 0 saturated heterocycles. The molecule has 92 valence electrons. The number of hydrogen-bond donors (Lipinski definition) is 2. The number of amides is 1. The van der Waals surface area contributed by atoms with Gasteiger partial charge < -0.3 is 0 Å². The molecule has 17 heavy (non-hydrogen) atoms. The van der Waals surface area contributed by atoms with E-state index in [9.17, 15) is 4.79 Å². The highest BCUT2D eigenvalue weighted by atomic mass is 32.2. The number of carbonyl (C=O) groups is 1. The molecule has 1 aliphatic rings. The maximum absolute atomic E-state index is 11.2. The second-order valence-electron chi connectivity index (χ2n) is 4.34. The summed E-state index contributed by atoms with van der Waals surface area (Å²) in [6, 6.07) is 0. The summed E-state index contributed by atoms with van der Waals surface area (Å²) >= 11 is 1.57. The van der Waals surface area contributed by atoms with Gasteiger partial charge in [-0.05, 0) is 12.3 Å². The van der Waals surface area contributed by atoms with Crippen LogP contribution >= 0.6 is 11.8 Å². The third-order valence-corrected chi connectivity index (χ3v) is 3.37. The Bertz CT molecular complexity index is 454. The maximum atomic E-state index is 11.2. The Hall–Kier alpha value is -1.37. The zero-order chi connectivity index (χ0) is 12.4. The molecule has 0 radical (unpaired) electrons. The van der Waals surface area contributed by atoms with Crippen LogP contribution in [0.3, 0.4) is 0 Å². The monoisotopic (exact) mass is 253 g/mol. The molecule has 1 aromatic rings. The topological polar surface area (TPSA) is 83.7 Å². The van der Waals surface area contributed by atoms with Crippen molar-refractivity contribution in [2.24, 2.45) is 5.92 Å². The van der Waals surface area contributed by atoms with Crippen LogP contribution in [0.1, 0.15) is 26.7 Å². The summed E-state index contributed by atoms with van der Waals surface area (Å²) in [6.45, 7) is 4.34. The van der Waals surface area contributed by atoms with E-state index in [-0.39, 0.29) is 18.2 Å². The molecular formula is C10H15N5OS. The van der Waals surface area contributed by atoms with Gasteiger partial charge in [0.05, 0.1) is 6.42 Å². The summed E-state index contributed by atoms with van der Waals surface area (Å²) in [5, 5.41) is 19.0. The molecule has 2 heterocycles. The van der Waals surface area contributed by atoms with Crippen molar-refractivity contribution in [2.45, 2.75) is 31.8 Å². The fourth-order valence-electron chi connectivity index (χ4n) is 1.47. The minimum atomic E-state index is -0.200. The summed E-state index contributed by atoms with van der Waals surface area (Å²) < 4.78 is 1.60. The number of thioether (sulfide) groups is 1. The van der Waals surface area contributed by atoms with Crippen LogP contribution in [0.25, 0.3) is 0 Å². The van der Waals surface area contributed by atoms with E-state index >= 15 is 0 Å². The molecular weight excluding hydrogens is 238 g/mol. The van der Waals surface area contributed by atoms with Gasteiger partial charge in [0.25, 0.3) is 0 Å². The normalized spacial score (nSPS) is 15.0. The number of aromatic nitrogens is 3. The predicted molar refractivity (Wildman–Crippen MR) is 66.6 cm³/mol. The standard InChI is InChI=1S/C10H15N5OS/c1-6(2)3-4-17-10-14-13-9-12-8(16)5-7(11)15(9)10/h6,11H,3-5H2,1-2H3,(H,12,13,16). The maximum Gasteiger partial charge on any atom is 0.237 e. The average Bonchev–Trinajstić information content (AvgIpc) is 2.60. The van der Waals surface area contributed by atoms with Crippen molar-refractivity contribution in [3.05, 3.63) is 0 Å². The number of carbonyl (C=O) groups excluding carboxylic acids is 1. The van der Waals surface area contributed by atoms with Crippen LogP contribution < -0.4 is 5.32 Å². The van der Waals surface area contributed by atoms with Crippen LogP contribution in [0.5, 0.6) is 0 Å². The van der Waals surface area contributed by atoms with E-state index in [2.05, 4.69) is 29.4 Å². The van der Waals surface area contributed by atoms with Gasteiger partial charge in [0.2, 0.25) is 11.9 Å². The lowest BCUT2D eigenvalue weighted by Gasteiger charge is -2.15. The van der Waals surface area contributed by atoms with Crippen molar-refractivity contribution in [3.63, 3.8) is 0 Å². The highest BCUT2D eigenvalue weighted by Crippen LogP contribution is 2.23. The summed E-state index contributed by atoms with van der Waals surface area (Å²) in [5.41, 5.74) is 0. The van der Waals surface area contributed by atoms with Gasteiger partial charge in [0.1, 0.15) is 5.84 Å². The van der Waals surface area contributed by atoms with Crippen molar-refractivity contribution in [2.75, 3.05) is 11.1 Å². The van der Waals surface area contributed by atoms with Crippen molar-refractivity contribution >= 4 is 29.5 Å². The minimum absolute atomic E-state index is 0.0861. The highest BCUT2D eigenvalue weighted by molar-refractivity contribution is 7.99. The van der Waals surface area contributed by atoms with Gasteiger partial charge in [0, 0.05) is 5.75 Å². The average molecular weight is 253 g/mol. The Kier molecular flexibility index (Phi) is 3.46. The lowest BCUT2D eigenvalue weighted by molar-refractivity contribution is -0.115. The van der Waals surface area contributed by atoms with Crippen LogP contribution in [0.2, 0.25) is 0 Å². The summed E-state index contributed by atoms with van der Waals surface area (Å²) in [6.07, 6.45) is 1.18. The molecule has 0 saturated carbocycles. The van der Waals surface area contributed by atoms with Gasteiger partial charge in [-0.2, -0.15) is 0 Å². The van der Waals surface area contributed by atoms with E-state index in [0.717, 1.165) is 12.2 Å². The van der Waals surface area contributed by atoms with E-state index in [1.165, 1.54) is 0 Å². The number of fused-ring (bicyclic) bond motifs is 1. The quantitative estimate of drug-likeness (QED) is 0.798. The van der Waals surface area contributed by atoms with Crippen molar-refractivity contribution in [1.29, 1.82) is 5.41 Å². The first kappa shape index (κ1) is 12.1. The largest absolute Gasteiger partial charge is 0.294 e. The number of hydrogen-bond acceptors (Lipinski definition) is 5. The van der Waals surface area contributed by atoms with Gasteiger partial charge in [-0.15, -0.1) is 10.2 Å². The minimum Gasteiger partial charge on any atom is -0.294 e. The Morgan fingerprint density at radius 2 is 2.29 bits per heavy atom. The smallest absolute Gasteiger partial charge is 0.237 e. The van der Waals surface area contributed by atoms with E-state index in [1.54, 1.807) is 16.3 Å². The number of rotatable bonds is 4. The van der Waals surface area contributed by atoms with E-state index < -0.39 is 0 Å². The Balaban J connectivity index is 2.10. The number of nitrogens with one attached hydrogen (secondary N) is 2. The Labute approximate surface area is 104 Å². The fourth-order valence-corrected chi connectivity index (χ4v) is 2.67. The van der Waals surface area contributed by atoms with Crippen molar-refractivity contribution < 1.29 is 4.79 Å². The van der Waals surface area contributed by atoms with Crippen molar-refractivity contribution in [3.8, 4) is 0 Å². The number of nitrogens with zero attached hydrogens (tertiary/aromatic N) is 3. The molecule has 1 aliphatic heterocycles. The van der Waals surface area contributed by atoms with Crippen LogP contribution in [0.4, 0.5) is 5.95 Å². The molecule has 0 atom stereocenters. The van der Waals surface area contributed by atoms with Gasteiger partial charge >= 0.3 is 0 Å². The zero-order valence-corrected chi connectivity index (χ0v) is 10.7. The summed E-state index contributed by atoms with van der Waals surface area (Å²) in [7, 11) is 0. The highest BCUT2D eigenvalue weighted by Gasteiger charge is 2.24. The third kappa shape index (κ3) is 2.66. The number of anilines is 1. The molecule has 2 N–H and O–H groups in total. The van der Waals surface area contributed by atoms with Gasteiger partial charge in [0.15, 0.2) is 5.16 Å². The Morgan fingerprint density at radius 1 is 1.53 bits per heavy atom. The SMILES string of the molecule is CC(C)CCSc1nnc2n1C(=N)CC(=O)N2. The van der Waals surface area contributed by atoms with Crippen LogP contribution in [-0.4, -0.2) is 32.3 Å². The lowest BCUT2D eigenvalue weighted by Crippen LogP contribution is -2.29. The molecule has 0 spiro atoms. The van der Waals surface area contributed by atoms with E-state index in [4.69, 9.17) is 5.41 Å². The third-order valence-electron chi connectivity index (χ3n) is 2.41. The van der Waals surface area contributed by atoms with Crippen LogP contribution in [0, 0.1) is 11.3 Å². The lowest BCUT2D eigenvalue weighted by atomic mass is 10.2. The first-order valence-corrected chi connectivity index (χ1v) is 6.52. The molecule has 6 nitrogen and oxygen atoms in total. The van der Waals surface area contributed by atoms with Gasteiger partial charge in [-0.1, -0.05) is 25.6 Å². The second kappa shape index (κ2) is 4.87. The predicted octanol–water partition coefficient (Wildman–Crippen LogP) is 1.58. The van der Waals surface area contributed by atoms with Gasteiger partial charge in [-0.25, -0.2) is 4.57 Å². The van der Waals surface area contributed by atoms with Crippen LogP contribution in [-0.2, 0) is 4.79 Å². The zero-order valence-electron chi connectivity index (χ0n) is 9.86. The summed E-state index contributed by atoms with van der Waals surface area (Å²) in [5.74, 6) is 1.98. The summed E-state index contributed by atoms with van der Waals surface area (Å²) in [4.78, 5) is 11.2. The van der Waals surface area contributed by atoms with Crippen LogP contribution in [0.15, 0.2) is 5.16 Å². The molecule has 1 amide bonds. The van der Waals surface area contributed by atoms with E-state index in [0.29, 0.717) is 17.0 Å². The fraction of sp³-hybridized carbons (Fsp3) is 0.600. The molecule has 2 rings (SSSR count). The first-order chi connectivity index (χ1) is 8.08. The second-order valence-corrected chi connectivity index (χ2v) is 5.41. The molecule has 7 heteroatoms. The molecule has 0 fully saturated rings. The van der Waals surface area contributed by atoms with E-state index in [1.807, 2.05) is 0 Å². The molecule has 0 aromatic carbocycles. The molecule has 0 unspecified atom stereocenters. The Morgan fingerprint density at radius 3 is 3.00 bits per heavy atom. The molecule has 0 bridgehead atoms. The van der Waals surface area contributed by atoms with Crippen molar-refractivity contribution in [1.82, 2.24) is 14.8 Å². The molecule has 1 aromatic heterocycles.